The summed E-state index contributed by atoms with van der Waals surface area (Å²) in [5.41, 5.74) is 0.983. The Morgan fingerprint density at radius 2 is 1.58 bits per heavy atom. The molecule has 0 radical (unpaired) electrons. The summed E-state index contributed by atoms with van der Waals surface area (Å²) in [6.45, 7) is 1.15. The van der Waals surface area contributed by atoms with Crippen molar-refractivity contribution < 1.29 is 27.5 Å². The molecule has 0 aliphatic carbocycles. The maximum Gasteiger partial charge on any atom is 0.264 e. The Labute approximate surface area is 231 Å². The molecule has 0 fully saturated rings. The summed E-state index contributed by atoms with van der Waals surface area (Å²) >= 11 is 3.39. The quantitative estimate of drug-likeness (QED) is 0.357. The molecule has 3 rings (SSSR count). The number of hydrogen-bond donors (Lipinski definition) is 1. The molecule has 3 aromatic rings. The summed E-state index contributed by atoms with van der Waals surface area (Å²) in [5, 5.41) is 2.56. The van der Waals surface area contributed by atoms with Gasteiger partial charge in [0.05, 0.1) is 24.8 Å². The van der Waals surface area contributed by atoms with Crippen LogP contribution in [0.25, 0.3) is 0 Å². The first-order valence-electron chi connectivity index (χ1n) is 11.7. The van der Waals surface area contributed by atoms with Gasteiger partial charge < -0.3 is 19.7 Å². The Bertz CT molecular complexity index is 1370. The molecule has 1 unspecified atom stereocenters. The van der Waals surface area contributed by atoms with E-state index in [2.05, 4.69) is 21.2 Å². The number of ether oxygens (including phenoxy) is 2. The van der Waals surface area contributed by atoms with Crippen molar-refractivity contribution in [3.63, 3.8) is 0 Å². The van der Waals surface area contributed by atoms with Gasteiger partial charge >= 0.3 is 0 Å². The van der Waals surface area contributed by atoms with Crippen molar-refractivity contribution in [2.24, 2.45) is 0 Å². The molecule has 2 amide bonds. The van der Waals surface area contributed by atoms with E-state index in [1.807, 2.05) is 24.3 Å². The number of rotatable bonds is 11. The van der Waals surface area contributed by atoms with Crippen LogP contribution in [0.3, 0.4) is 0 Å². The minimum Gasteiger partial charge on any atom is -0.493 e. The highest BCUT2D eigenvalue weighted by Gasteiger charge is 2.32. The zero-order chi connectivity index (χ0) is 27.9. The predicted molar refractivity (Wildman–Crippen MR) is 149 cm³/mol. The number of methoxy groups -OCH3 is 2. The van der Waals surface area contributed by atoms with E-state index in [4.69, 9.17) is 9.47 Å². The number of benzene rings is 3. The molecule has 1 N–H and O–H groups in total. The Morgan fingerprint density at radius 1 is 0.947 bits per heavy atom. The molecule has 0 aromatic heterocycles. The van der Waals surface area contributed by atoms with Crippen LogP contribution in [0.2, 0.25) is 0 Å². The molecule has 1 atom stereocenters. The van der Waals surface area contributed by atoms with Crippen LogP contribution in [-0.4, -0.2) is 59.0 Å². The van der Waals surface area contributed by atoms with Gasteiger partial charge in [-0.05, 0) is 48.9 Å². The van der Waals surface area contributed by atoms with Crippen LogP contribution in [0.4, 0.5) is 5.69 Å². The molecule has 202 valence electrons. The van der Waals surface area contributed by atoms with Gasteiger partial charge in [-0.25, -0.2) is 8.42 Å². The van der Waals surface area contributed by atoms with Gasteiger partial charge in [0.2, 0.25) is 11.8 Å². The van der Waals surface area contributed by atoms with Crippen molar-refractivity contribution in [2.45, 2.75) is 24.4 Å². The third-order valence-electron chi connectivity index (χ3n) is 5.95. The number of nitrogens with zero attached hydrogens (tertiary/aromatic N) is 2. The number of likely N-dealkylation sites (N-methyl/N-ethyl adjacent to an activating group) is 1. The van der Waals surface area contributed by atoms with Gasteiger partial charge in [-0.2, -0.15) is 0 Å². The first-order valence-corrected chi connectivity index (χ1v) is 13.9. The normalized spacial score (nSPS) is 11.8. The smallest absolute Gasteiger partial charge is 0.264 e. The van der Waals surface area contributed by atoms with Crippen LogP contribution in [0.15, 0.2) is 82.2 Å². The summed E-state index contributed by atoms with van der Waals surface area (Å²) in [5.74, 6) is -0.224. The molecule has 0 bridgehead atoms. The van der Waals surface area contributed by atoms with Gasteiger partial charge in [-0.3, -0.25) is 13.9 Å². The molecule has 0 aliphatic rings. The van der Waals surface area contributed by atoms with E-state index >= 15 is 0 Å². The lowest BCUT2D eigenvalue weighted by Crippen LogP contribution is -2.50. The average Bonchev–Trinajstić information content (AvgIpc) is 2.94. The van der Waals surface area contributed by atoms with Crippen LogP contribution in [0.5, 0.6) is 11.5 Å². The number of anilines is 1. The lowest BCUT2D eigenvalue weighted by atomic mass is 10.1. The molecule has 0 saturated heterocycles. The largest absolute Gasteiger partial charge is 0.493 e. The van der Waals surface area contributed by atoms with E-state index < -0.39 is 28.5 Å². The highest BCUT2D eigenvalue weighted by Crippen LogP contribution is 2.34. The minimum atomic E-state index is -4.17. The van der Waals surface area contributed by atoms with Crippen molar-refractivity contribution >= 4 is 43.5 Å². The highest BCUT2D eigenvalue weighted by molar-refractivity contribution is 9.10. The fourth-order valence-electron chi connectivity index (χ4n) is 3.81. The maximum atomic E-state index is 13.8. The van der Waals surface area contributed by atoms with Crippen LogP contribution in [0, 0.1) is 0 Å². The Morgan fingerprint density at radius 3 is 2.16 bits per heavy atom. The number of nitrogens with one attached hydrogen (secondary N) is 1. The molecule has 0 spiro atoms. The Balaban J connectivity index is 2.07. The number of halogens is 1. The first kappa shape index (κ1) is 29.0. The molecular weight excluding hydrogens is 574 g/mol. The van der Waals surface area contributed by atoms with Crippen LogP contribution in [-0.2, 0) is 26.2 Å². The van der Waals surface area contributed by atoms with Crippen molar-refractivity contribution in [3.05, 3.63) is 82.8 Å². The molecule has 38 heavy (non-hydrogen) atoms. The fourth-order valence-corrected chi connectivity index (χ4v) is 5.50. The first-order chi connectivity index (χ1) is 18.1. The number of carbonyl (C=O) groups excluding carboxylic acids is 2. The second-order valence-electron chi connectivity index (χ2n) is 8.30. The van der Waals surface area contributed by atoms with Gasteiger partial charge in [0.15, 0.2) is 11.5 Å². The van der Waals surface area contributed by atoms with E-state index in [-0.39, 0.29) is 23.0 Å². The average molecular weight is 605 g/mol. The second kappa shape index (κ2) is 12.8. The van der Waals surface area contributed by atoms with Crippen LogP contribution >= 0.6 is 15.9 Å². The van der Waals surface area contributed by atoms with E-state index in [0.29, 0.717) is 11.5 Å². The SMILES string of the molecule is CNC(=O)C(C)N(Cc1ccc(Br)cc1)C(=O)CN(c1ccc(OC)c(OC)c1)S(=O)(=O)c1ccccc1. The van der Waals surface area contributed by atoms with Crippen LogP contribution in [0.1, 0.15) is 12.5 Å². The maximum absolute atomic E-state index is 13.8. The molecule has 0 saturated carbocycles. The number of sulfonamides is 1. The number of hydrogen-bond acceptors (Lipinski definition) is 6. The fraction of sp³-hybridized carbons (Fsp3) is 0.259. The predicted octanol–water partition coefficient (Wildman–Crippen LogP) is 3.82. The topological polar surface area (TPSA) is 105 Å². The lowest BCUT2D eigenvalue weighted by Gasteiger charge is -2.32. The molecule has 3 aromatic carbocycles. The Kier molecular flexibility index (Phi) is 9.76. The van der Waals surface area contributed by atoms with E-state index in [0.717, 1.165) is 14.3 Å². The standard InChI is InChI=1S/C27H30BrN3O6S/c1-19(27(33)29-2)30(17-20-10-12-21(28)13-11-20)26(32)18-31(38(34,35)23-8-6-5-7-9-23)22-14-15-24(36-3)25(16-22)37-4/h5-16,19H,17-18H2,1-4H3,(H,29,33). The van der Waals surface area contributed by atoms with Crippen molar-refractivity contribution in [1.82, 2.24) is 10.2 Å². The Hall–Kier alpha value is -3.57. The molecule has 11 heteroatoms. The van der Waals surface area contributed by atoms with Crippen molar-refractivity contribution in [1.29, 1.82) is 0 Å². The summed E-state index contributed by atoms with van der Waals surface area (Å²) in [6.07, 6.45) is 0. The third-order valence-corrected chi connectivity index (χ3v) is 8.26. The summed E-state index contributed by atoms with van der Waals surface area (Å²) in [7, 11) is 0.219. The summed E-state index contributed by atoms with van der Waals surface area (Å²) < 4.78 is 40.1. The highest BCUT2D eigenvalue weighted by atomic mass is 79.9. The summed E-state index contributed by atoms with van der Waals surface area (Å²) in [4.78, 5) is 27.7. The van der Waals surface area contributed by atoms with Gasteiger partial charge in [0.25, 0.3) is 10.0 Å². The zero-order valence-corrected chi connectivity index (χ0v) is 24.0. The van der Waals surface area contributed by atoms with E-state index in [9.17, 15) is 18.0 Å². The third kappa shape index (κ3) is 6.65. The second-order valence-corrected chi connectivity index (χ2v) is 11.1. The molecule has 0 heterocycles. The lowest BCUT2D eigenvalue weighted by molar-refractivity contribution is -0.139. The molecule has 9 nitrogen and oxygen atoms in total. The summed E-state index contributed by atoms with van der Waals surface area (Å²) in [6, 6.07) is 18.9. The number of amides is 2. The van der Waals surface area contributed by atoms with Gasteiger partial charge in [-0.15, -0.1) is 0 Å². The molecule has 0 aliphatic heterocycles. The van der Waals surface area contributed by atoms with Crippen molar-refractivity contribution in [2.75, 3.05) is 32.1 Å². The van der Waals surface area contributed by atoms with Gasteiger partial charge in [0, 0.05) is 24.1 Å². The van der Waals surface area contributed by atoms with Gasteiger partial charge in [-0.1, -0.05) is 46.3 Å². The zero-order valence-electron chi connectivity index (χ0n) is 21.5. The monoisotopic (exact) mass is 603 g/mol. The van der Waals surface area contributed by atoms with Gasteiger partial charge in [0.1, 0.15) is 12.6 Å². The van der Waals surface area contributed by atoms with Crippen molar-refractivity contribution in [3.8, 4) is 11.5 Å². The van der Waals surface area contributed by atoms with E-state index in [1.165, 1.54) is 50.4 Å². The minimum absolute atomic E-state index is 0.0152. The number of carbonyl (C=O) groups is 2. The molecular formula is C27H30BrN3O6S. The van der Waals surface area contributed by atoms with Crippen LogP contribution < -0.4 is 19.1 Å². The van der Waals surface area contributed by atoms with E-state index in [1.54, 1.807) is 31.2 Å².